The zero-order chi connectivity index (χ0) is 10.7. The molecule has 5 heteroatoms. The van der Waals surface area contributed by atoms with Gasteiger partial charge >= 0.3 is 0 Å². The van der Waals surface area contributed by atoms with E-state index in [1.54, 1.807) is 19.1 Å². The molecule has 0 unspecified atom stereocenters. The van der Waals surface area contributed by atoms with E-state index in [1.807, 2.05) is 0 Å². The van der Waals surface area contributed by atoms with Crippen LogP contribution in [-0.4, -0.2) is 16.6 Å². The second-order valence-electron chi connectivity index (χ2n) is 3.03. The third kappa shape index (κ3) is 1.82. The van der Waals surface area contributed by atoms with E-state index in [9.17, 15) is 10.1 Å². The Morgan fingerprint density at radius 2 is 2.21 bits per heavy atom. The van der Waals surface area contributed by atoms with Gasteiger partial charge in [0.25, 0.3) is 5.69 Å². The van der Waals surface area contributed by atoms with Gasteiger partial charge in [-0.1, -0.05) is 12.1 Å². The Labute approximate surface area is 81.3 Å². The molecule has 1 aromatic carbocycles. The lowest BCUT2D eigenvalue weighted by molar-refractivity contribution is -0.384. The van der Waals surface area contributed by atoms with Gasteiger partial charge in [-0.2, -0.15) is 0 Å². The molecule has 0 amide bonds. The molecule has 3 N–H and O–H groups in total. The van der Waals surface area contributed by atoms with E-state index in [2.05, 4.69) is 0 Å². The first-order chi connectivity index (χ1) is 6.57. The van der Waals surface area contributed by atoms with Crippen LogP contribution in [0.25, 0.3) is 0 Å². The smallest absolute Gasteiger partial charge is 0.295 e. The van der Waals surface area contributed by atoms with Gasteiger partial charge < -0.3 is 10.8 Å². The van der Waals surface area contributed by atoms with Crippen molar-refractivity contribution in [3.8, 4) is 0 Å². The number of benzene rings is 1. The van der Waals surface area contributed by atoms with E-state index in [4.69, 9.17) is 10.8 Å². The maximum absolute atomic E-state index is 10.7. The van der Waals surface area contributed by atoms with Crippen LogP contribution in [0, 0.1) is 17.0 Å². The molecule has 0 heterocycles. The molecule has 0 bridgehead atoms. The molecule has 0 spiro atoms. The summed E-state index contributed by atoms with van der Waals surface area (Å²) in [4.78, 5) is 10.2. The molecule has 0 atom stereocenters. The summed E-state index contributed by atoms with van der Waals surface area (Å²) in [7, 11) is 0. The van der Waals surface area contributed by atoms with Crippen LogP contribution >= 0.6 is 0 Å². The summed E-state index contributed by atoms with van der Waals surface area (Å²) in [6, 6.07) is 3.34. The molecule has 0 radical (unpaired) electrons. The highest BCUT2D eigenvalue weighted by atomic mass is 16.6. The van der Waals surface area contributed by atoms with E-state index in [0.717, 1.165) is 0 Å². The van der Waals surface area contributed by atoms with Crippen LogP contribution in [0.5, 0.6) is 0 Å². The van der Waals surface area contributed by atoms with Gasteiger partial charge in [0.05, 0.1) is 4.92 Å². The Balaban J connectivity index is 3.30. The molecule has 1 rings (SSSR count). The first kappa shape index (κ1) is 10.5. The maximum atomic E-state index is 10.7. The third-order valence-electron chi connectivity index (χ3n) is 2.08. The van der Waals surface area contributed by atoms with Crippen molar-refractivity contribution in [2.45, 2.75) is 13.3 Å². The molecule has 76 valence electrons. The van der Waals surface area contributed by atoms with Crippen molar-refractivity contribution < 1.29 is 10.0 Å². The summed E-state index contributed by atoms with van der Waals surface area (Å²) >= 11 is 0. The molecule has 0 fully saturated rings. The Morgan fingerprint density at radius 1 is 1.57 bits per heavy atom. The summed E-state index contributed by atoms with van der Waals surface area (Å²) in [5, 5.41) is 19.4. The SMILES string of the molecule is Cc1ccc(CCO)c([N+](=O)[O-])c1N. The fourth-order valence-electron chi connectivity index (χ4n) is 1.29. The average molecular weight is 196 g/mol. The Morgan fingerprint density at radius 3 is 2.71 bits per heavy atom. The second kappa shape index (κ2) is 4.06. The Hall–Kier alpha value is -1.62. The summed E-state index contributed by atoms with van der Waals surface area (Å²) in [6.07, 6.45) is 0.251. The van der Waals surface area contributed by atoms with Crippen LogP contribution in [0.3, 0.4) is 0 Å². The molecule has 0 aromatic heterocycles. The molecular formula is C9H12N2O3. The predicted molar refractivity (Wildman–Crippen MR) is 53.0 cm³/mol. The number of aryl methyl sites for hydroxylation is 1. The van der Waals surface area contributed by atoms with Gasteiger partial charge in [-0.25, -0.2) is 0 Å². The van der Waals surface area contributed by atoms with Crippen molar-refractivity contribution in [1.29, 1.82) is 0 Å². The minimum atomic E-state index is -0.507. The lowest BCUT2D eigenvalue weighted by Gasteiger charge is -2.05. The largest absolute Gasteiger partial charge is 0.396 e. The fourth-order valence-corrected chi connectivity index (χ4v) is 1.29. The quantitative estimate of drug-likeness (QED) is 0.429. The van der Waals surface area contributed by atoms with Crippen molar-refractivity contribution in [2.24, 2.45) is 0 Å². The highest BCUT2D eigenvalue weighted by Gasteiger charge is 2.18. The van der Waals surface area contributed by atoms with Crippen molar-refractivity contribution in [1.82, 2.24) is 0 Å². The van der Waals surface area contributed by atoms with Crippen LogP contribution in [0.15, 0.2) is 12.1 Å². The number of nitrogen functional groups attached to an aromatic ring is 1. The van der Waals surface area contributed by atoms with Crippen molar-refractivity contribution in [3.63, 3.8) is 0 Å². The maximum Gasteiger partial charge on any atom is 0.295 e. The van der Waals surface area contributed by atoms with Crippen LogP contribution in [0.1, 0.15) is 11.1 Å². The number of nitrogens with two attached hydrogens (primary N) is 1. The van der Waals surface area contributed by atoms with Crippen molar-refractivity contribution >= 4 is 11.4 Å². The van der Waals surface area contributed by atoms with Crippen molar-refractivity contribution in [3.05, 3.63) is 33.4 Å². The zero-order valence-electron chi connectivity index (χ0n) is 7.86. The molecule has 1 aromatic rings. The molecule has 5 nitrogen and oxygen atoms in total. The lowest BCUT2D eigenvalue weighted by Crippen LogP contribution is -2.03. The third-order valence-corrected chi connectivity index (χ3v) is 2.08. The number of aliphatic hydroxyl groups excluding tert-OH is 1. The molecule has 0 saturated carbocycles. The fraction of sp³-hybridized carbons (Fsp3) is 0.333. The molecule has 0 aliphatic rings. The first-order valence-corrected chi connectivity index (χ1v) is 4.21. The number of anilines is 1. The minimum Gasteiger partial charge on any atom is -0.396 e. The predicted octanol–water partition coefficient (Wildman–Crippen LogP) is 1.02. The van der Waals surface area contributed by atoms with Gasteiger partial charge in [-0.05, 0) is 12.5 Å². The summed E-state index contributed by atoms with van der Waals surface area (Å²) in [5.74, 6) is 0. The normalized spacial score (nSPS) is 10.1. The van der Waals surface area contributed by atoms with Gasteiger partial charge in [0.1, 0.15) is 5.69 Å². The number of nitrogens with zero attached hydrogens (tertiary/aromatic N) is 1. The monoisotopic (exact) mass is 196 g/mol. The number of nitro groups is 1. The van der Waals surface area contributed by atoms with E-state index >= 15 is 0 Å². The van der Waals surface area contributed by atoms with E-state index in [0.29, 0.717) is 11.1 Å². The molecule has 0 saturated heterocycles. The Kier molecular flexibility index (Phi) is 3.03. The van der Waals surface area contributed by atoms with E-state index < -0.39 is 4.92 Å². The van der Waals surface area contributed by atoms with Gasteiger partial charge in [0, 0.05) is 18.6 Å². The minimum absolute atomic E-state index is 0.0842. The van der Waals surface area contributed by atoms with E-state index in [-0.39, 0.29) is 24.4 Å². The molecule has 0 aliphatic heterocycles. The summed E-state index contributed by atoms with van der Waals surface area (Å²) < 4.78 is 0. The highest BCUT2D eigenvalue weighted by Crippen LogP contribution is 2.29. The topological polar surface area (TPSA) is 89.4 Å². The Bertz CT molecular complexity index is 363. The zero-order valence-corrected chi connectivity index (χ0v) is 7.86. The van der Waals surface area contributed by atoms with Gasteiger partial charge in [-0.3, -0.25) is 10.1 Å². The first-order valence-electron chi connectivity index (χ1n) is 4.21. The van der Waals surface area contributed by atoms with Crippen LogP contribution in [0.2, 0.25) is 0 Å². The van der Waals surface area contributed by atoms with E-state index in [1.165, 1.54) is 0 Å². The van der Waals surface area contributed by atoms with Gasteiger partial charge in [0.15, 0.2) is 0 Å². The lowest BCUT2D eigenvalue weighted by atomic mass is 10.1. The van der Waals surface area contributed by atoms with Crippen LogP contribution in [-0.2, 0) is 6.42 Å². The van der Waals surface area contributed by atoms with Gasteiger partial charge in [0.2, 0.25) is 0 Å². The molecule has 14 heavy (non-hydrogen) atoms. The number of rotatable bonds is 3. The number of nitro benzene ring substituents is 1. The standard InChI is InChI=1S/C9H12N2O3/c1-6-2-3-7(4-5-12)9(8(6)10)11(13)14/h2-3,12H,4-5,10H2,1H3. The van der Waals surface area contributed by atoms with Crippen molar-refractivity contribution in [2.75, 3.05) is 12.3 Å². The number of hydrogen-bond acceptors (Lipinski definition) is 4. The summed E-state index contributed by atoms with van der Waals surface area (Å²) in [5.41, 5.74) is 6.84. The summed E-state index contributed by atoms with van der Waals surface area (Å²) in [6.45, 7) is 1.59. The second-order valence-corrected chi connectivity index (χ2v) is 3.03. The van der Waals surface area contributed by atoms with Gasteiger partial charge in [-0.15, -0.1) is 0 Å². The number of hydrogen-bond donors (Lipinski definition) is 2. The molecular weight excluding hydrogens is 184 g/mol. The number of aliphatic hydroxyl groups is 1. The molecule has 0 aliphatic carbocycles. The van der Waals surface area contributed by atoms with Crippen LogP contribution < -0.4 is 5.73 Å². The average Bonchev–Trinajstić information content (AvgIpc) is 2.11. The highest BCUT2D eigenvalue weighted by molar-refractivity contribution is 5.66. The van der Waals surface area contributed by atoms with Crippen LogP contribution in [0.4, 0.5) is 11.4 Å².